The molecule has 1 atom stereocenters. The second kappa shape index (κ2) is 8.52. The number of benzene rings is 1. The van der Waals surface area contributed by atoms with Crippen molar-refractivity contribution in [2.24, 2.45) is 0 Å². The lowest BCUT2D eigenvalue weighted by molar-refractivity contribution is -0.135. The Labute approximate surface area is 158 Å². The number of hydrogen-bond acceptors (Lipinski definition) is 3. The average molecular weight is 366 g/mol. The number of nitrogens with zero attached hydrogens (tertiary/aromatic N) is 2. The third-order valence-corrected chi connectivity index (χ3v) is 5.74. The van der Waals surface area contributed by atoms with Crippen molar-refractivity contribution in [1.82, 2.24) is 15.1 Å². The molecule has 0 radical (unpaired) electrons. The van der Waals surface area contributed by atoms with Gasteiger partial charge in [-0.15, -0.1) is 12.4 Å². The van der Waals surface area contributed by atoms with Crippen LogP contribution in [0.4, 0.5) is 0 Å². The molecule has 1 aromatic rings. The molecule has 2 fully saturated rings. The number of carbonyl (C=O) groups excluding carboxylic acids is 1. The first kappa shape index (κ1) is 20.2. The van der Waals surface area contributed by atoms with E-state index in [1.807, 2.05) is 0 Å². The molecule has 4 nitrogen and oxygen atoms in total. The van der Waals surface area contributed by atoms with Crippen molar-refractivity contribution >= 4 is 18.3 Å². The Morgan fingerprint density at radius 1 is 1.16 bits per heavy atom. The molecule has 1 aromatic carbocycles. The molecule has 3 rings (SSSR count). The molecule has 1 amide bonds. The molecule has 1 N–H and O–H groups in total. The third-order valence-electron chi connectivity index (χ3n) is 5.74. The summed E-state index contributed by atoms with van der Waals surface area (Å²) in [6.07, 6.45) is 2.14. The van der Waals surface area contributed by atoms with Gasteiger partial charge in [-0.3, -0.25) is 9.69 Å². The summed E-state index contributed by atoms with van der Waals surface area (Å²) in [4.78, 5) is 17.8. The minimum absolute atomic E-state index is 0. The minimum Gasteiger partial charge on any atom is -0.340 e. The summed E-state index contributed by atoms with van der Waals surface area (Å²) in [7, 11) is 0. The number of nitrogens with one attached hydrogen (secondary N) is 1. The fraction of sp³-hybridized carbons (Fsp3) is 0.650. The van der Waals surface area contributed by atoms with Gasteiger partial charge in [0, 0.05) is 45.3 Å². The van der Waals surface area contributed by atoms with Crippen LogP contribution < -0.4 is 5.32 Å². The Kier molecular flexibility index (Phi) is 6.89. The number of rotatable bonds is 4. The van der Waals surface area contributed by atoms with Gasteiger partial charge in [-0.25, -0.2) is 0 Å². The smallest absolute Gasteiger partial charge is 0.232 e. The fourth-order valence-electron chi connectivity index (χ4n) is 3.95. The van der Waals surface area contributed by atoms with Crippen LogP contribution in [0.2, 0.25) is 0 Å². The van der Waals surface area contributed by atoms with E-state index in [4.69, 9.17) is 0 Å². The number of hydrogen-bond donors (Lipinski definition) is 1. The predicted octanol–water partition coefficient (Wildman–Crippen LogP) is 2.45. The van der Waals surface area contributed by atoms with Crippen molar-refractivity contribution in [2.75, 3.05) is 39.3 Å². The highest BCUT2D eigenvalue weighted by Gasteiger charge is 2.38. The van der Waals surface area contributed by atoms with Gasteiger partial charge in [0.15, 0.2) is 0 Å². The van der Waals surface area contributed by atoms with Crippen LogP contribution in [0.15, 0.2) is 24.3 Å². The largest absolute Gasteiger partial charge is 0.340 e. The normalized spacial score (nSPS) is 21.9. The van der Waals surface area contributed by atoms with E-state index in [-0.39, 0.29) is 18.3 Å². The van der Waals surface area contributed by atoms with E-state index in [2.05, 4.69) is 60.2 Å². The van der Waals surface area contributed by atoms with Gasteiger partial charge in [0.25, 0.3) is 0 Å². The summed E-state index contributed by atoms with van der Waals surface area (Å²) >= 11 is 0. The van der Waals surface area contributed by atoms with Gasteiger partial charge < -0.3 is 10.2 Å². The van der Waals surface area contributed by atoms with Crippen LogP contribution in [0.1, 0.15) is 38.3 Å². The van der Waals surface area contributed by atoms with Crippen molar-refractivity contribution in [3.05, 3.63) is 35.4 Å². The number of halogens is 1. The summed E-state index contributed by atoms with van der Waals surface area (Å²) in [6, 6.07) is 9.09. The van der Waals surface area contributed by atoms with Gasteiger partial charge in [-0.1, -0.05) is 31.2 Å². The first-order valence-electron chi connectivity index (χ1n) is 9.36. The molecule has 2 heterocycles. The Balaban J connectivity index is 0.00000225. The maximum absolute atomic E-state index is 13.1. The second-order valence-corrected chi connectivity index (χ2v) is 7.66. The van der Waals surface area contributed by atoms with Crippen LogP contribution >= 0.6 is 12.4 Å². The van der Waals surface area contributed by atoms with E-state index in [0.29, 0.717) is 6.04 Å². The molecular weight excluding hydrogens is 334 g/mol. The number of aryl methyl sites for hydroxylation is 1. The Morgan fingerprint density at radius 3 is 2.40 bits per heavy atom. The summed E-state index contributed by atoms with van der Waals surface area (Å²) in [5.74, 6) is 0.268. The van der Waals surface area contributed by atoms with Crippen LogP contribution in [0.25, 0.3) is 0 Å². The minimum atomic E-state index is -0.454. The topological polar surface area (TPSA) is 35.6 Å². The number of piperazine rings is 1. The van der Waals surface area contributed by atoms with Crippen molar-refractivity contribution in [3.8, 4) is 0 Å². The van der Waals surface area contributed by atoms with Crippen LogP contribution in [-0.4, -0.2) is 61.0 Å². The fourth-order valence-corrected chi connectivity index (χ4v) is 3.95. The van der Waals surface area contributed by atoms with Crippen molar-refractivity contribution in [1.29, 1.82) is 0 Å². The maximum atomic E-state index is 13.1. The average Bonchev–Trinajstić information content (AvgIpc) is 3.12. The van der Waals surface area contributed by atoms with Gasteiger partial charge in [0.2, 0.25) is 5.91 Å². The summed E-state index contributed by atoms with van der Waals surface area (Å²) in [5.41, 5.74) is 1.99. The highest BCUT2D eigenvalue weighted by atomic mass is 35.5. The zero-order chi connectivity index (χ0) is 17.2. The SMILES string of the molecule is CCc1ccc(C(C)(C)C(=O)N2CCC(N3CCNCC3)C2)cc1.Cl. The molecular formula is C20H32ClN3O. The van der Waals surface area contributed by atoms with Crippen molar-refractivity contribution in [2.45, 2.75) is 45.1 Å². The lowest BCUT2D eigenvalue weighted by atomic mass is 9.82. The lowest BCUT2D eigenvalue weighted by Crippen LogP contribution is -2.50. The molecule has 0 bridgehead atoms. The lowest BCUT2D eigenvalue weighted by Gasteiger charge is -2.34. The highest BCUT2D eigenvalue weighted by Crippen LogP contribution is 2.29. The maximum Gasteiger partial charge on any atom is 0.232 e. The monoisotopic (exact) mass is 365 g/mol. The van der Waals surface area contributed by atoms with E-state index < -0.39 is 5.41 Å². The Hall–Kier alpha value is -1.10. The highest BCUT2D eigenvalue weighted by molar-refractivity contribution is 5.87. The van der Waals surface area contributed by atoms with E-state index >= 15 is 0 Å². The molecule has 140 valence electrons. The van der Waals surface area contributed by atoms with Gasteiger partial charge >= 0.3 is 0 Å². The predicted molar refractivity (Wildman–Crippen MR) is 106 cm³/mol. The van der Waals surface area contributed by atoms with Crippen LogP contribution in [0, 0.1) is 0 Å². The molecule has 5 heteroatoms. The third kappa shape index (κ3) is 4.36. The molecule has 2 aliphatic rings. The molecule has 25 heavy (non-hydrogen) atoms. The zero-order valence-corrected chi connectivity index (χ0v) is 16.6. The molecule has 0 aromatic heterocycles. The molecule has 0 spiro atoms. The number of amides is 1. The summed E-state index contributed by atoms with van der Waals surface area (Å²) < 4.78 is 0. The van der Waals surface area contributed by atoms with E-state index in [1.165, 1.54) is 5.56 Å². The quantitative estimate of drug-likeness (QED) is 0.890. The van der Waals surface area contributed by atoms with Gasteiger partial charge in [0.1, 0.15) is 0 Å². The summed E-state index contributed by atoms with van der Waals surface area (Å²) in [5, 5.41) is 3.41. The number of carbonyl (C=O) groups is 1. The summed E-state index contributed by atoms with van der Waals surface area (Å²) in [6.45, 7) is 12.4. The standard InChI is InChI=1S/C20H31N3O.ClH/c1-4-16-5-7-17(8-6-16)20(2,3)19(24)23-12-9-18(15-23)22-13-10-21-11-14-22;/h5-8,18,21H,4,9-15H2,1-3H3;1H. The van der Waals surface area contributed by atoms with Crippen LogP contribution in [-0.2, 0) is 16.6 Å². The van der Waals surface area contributed by atoms with Gasteiger partial charge in [0.05, 0.1) is 5.41 Å². The Bertz CT molecular complexity index is 567. The molecule has 1 unspecified atom stereocenters. The van der Waals surface area contributed by atoms with Crippen molar-refractivity contribution in [3.63, 3.8) is 0 Å². The molecule has 2 aliphatic heterocycles. The first-order chi connectivity index (χ1) is 11.5. The Morgan fingerprint density at radius 2 is 1.80 bits per heavy atom. The molecule has 0 saturated carbocycles. The molecule has 0 aliphatic carbocycles. The van der Waals surface area contributed by atoms with Crippen LogP contribution in [0.5, 0.6) is 0 Å². The van der Waals surface area contributed by atoms with E-state index in [9.17, 15) is 4.79 Å². The van der Waals surface area contributed by atoms with Gasteiger partial charge in [-0.2, -0.15) is 0 Å². The zero-order valence-electron chi connectivity index (χ0n) is 15.8. The van der Waals surface area contributed by atoms with Gasteiger partial charge in [-0.05, 0) is 37.8 Å². The molecule has 2 saturated heterocycles. The van der Waals surface area contributed by atoms with Crippen LogP contribution in [0.3, 0.4) is 0 Å². The van der Waals surface area contributed by atoms with Crippen molar-refractivity contribution < 1.29 is 4.79 Å². The van der Waals surface area contributed by atoms with E-state index in [1.54, 1.807) is 0 Å². The second-order valence-electron chi connectivity index (χ2n) is 7.66. The number of likely N-dealkylation sites (tertiary alicyclic amines) is 1. The first-order valence-corrected chi connectivity index (χ1v) is 9.36. The van der Waals surface area contributed by atoms with E-state index in [0.717, 1.165) is 57.7 Å².